The van der Waals surface area contributed by atoms with Gasteiger partial charge in [-0.2, -0.15) is 0 Å². The van der Waals surface area contributed by atoms with Crippen molar-refractivity contribution >= 4 is 37.4 Å². The van der Waals surface area contributed by atoms with Crippen LogP contribution < -0.4 is 0 Å². The van der Waals surface area contributed by atoms with Crippen molar-refractivity contribution in [1.82, 2.24) is 9.88 Å². The Morgan fingerprint density at radius 1 is 1.35 bits per heavy atom. The molecule has 8 heteroatoms. The molecule has 0 spiro atoms. The second kappa shape index (κ2) is 6.54. The highest BCUT2D eigenvalue weighted by Gasteiger charge is 2.24. The van der Waals surface area contributed by atoms with Gasteiger partial charge < -0.3 is 4.74 Å². The minimum Gasteiger partial charge on any atom is -0.454 e. The Morgan fingerprint density at radius 2 is 2.04 bits per heavy atom. The molecule has 0 saturated carbocycles. The van der Waals surface area contributed by atoms with Crippen molar-refractivity contribution in [3.05, 3.63) is 29.3 Å². The molecule has 6 nitrogen and oxygen atoms in total. The van der Waals surface area contributed by atoms with Crippen molar-refractivity contribution in [3.8, 4) is 0 Å². The quantitative estimate of drug-likeness (QED) is 0.777. The van der Waals surface area contributed by atoms with E-state index < -0.39 is 15.9 Å². The fraction of sp³-hybridized carbons (Fsp3) is 0.467. The summed E-state index contributed by atoms with van der Waals surface area (Å²) >= 11 is 1.51. The smallest absolute Gasteiger partial charge is 0.320 e. The number of aromatic nitrogens is 1. The molecule has 1 fully saturated rings. The van der Waals surface area contributed by atoms with Crippen LogP contribution in [0.15, 0.2) is 24.3 Å². The Labute approximate surface area is 139 Å². The summed E-state index contributed by atoms with van der Waals surface area (Å²) in [5, 5.41) is 0.765. The van der Waals surface area contributed by atoms with E-state index in [1.165, 1.54) is 11.3 Å². The summed E-state index contributed by atoms with van der Waals surface area (Å²) in [4.78, 5) is 18.3. The minimum atomic E-state index is -2.93. The number of hydrogen-bond donors (Lipinski definition) is 0. The van der Waals surface area contributed by atoms with Gasteiger partial charge in [-0.3, -0.25) is 9.69 Å². The van der Waals surface area contributed by atoms with Crippen LogP contribution in [0.1, 0.15) is 18.0 Å². The van der Waals surface area contributed by atoms with Crippen LogP contribution in [0, 0.1) is 0 Å². The number of nitrogens with zero attached hydrogens (tertiary/aromatic N) is 2. The van der Waals surface area contributed by atoms with Crippen molar-refractivity contribution < 1.29 is 17.9 Å². The van der Waals surface area contributed by atoms with Crippen LogP contribution in [0.2, 0.25) is 0 Å². The van der Waals surface area contributed by atoms with E-state index in [9.17, 15) is 13.2 Å². The SMILES string of the molecule is CC(OC(=O)CN1CCS(=O)(=O)CC1)c1nc2ccccc2s1. The van der Waals surface area contributed by atoms with Gasteiger partial charge in [0, 0.05) is 13.1 Å². The average molecular weight is 354 g/mol. The van der Waals surface area contributed by atoms with Crippen LogP contribution in [-0.4, -0.2) is 55.4 Å². The molecule has 2 aromatic rings. The molecule has 1 unspecified atom stereocenters. The number of thiazole rings is 1. The van der Waals surface area contributed by atoms with Gasteiger partial charge in [-0.1, -0.05) is 12.1 Å². The first-order valence-corrected chi connectivity index (χ1v) is 10.0. The summed E-state index contributed by atoms with van der Waals surface area (Å²) in [7, 11) is -2.93. The number of esters is 1. The van der Waals surface area contributed by atoms with Gasteiger partial charge in [-0.15, -0.1) is 11.3 Å². The Balaban J connectivity index is 1.57. The van der Waals surface area contributed by atoms with Crippen LogP contribution in [0.4, 0.5) is 0 Å². The van der Waals surface area contributed by atoms with E-state index in [0.717, 1.165) is 15.2 Å². The molecular formula is C15H18N2O4S2. The first-order chi connectivity index (χ1) is 10.9. The van der Waals surface area contributed by atoms with Crippen molar-refractivity contribution in [1.29, 1.82) is 0 Å². The Hall–Kier alpha value is -1.51. The van der Waals surface area contributed by atoms with Crippen LogP contribution in [0.25, 0.3) is 10.2 Å². The molecule has 0 radical (unpaired) electrons. The van der Waals surface area contributed by atoms with Gasteiger partial charge in [0.2, 0.25) is 0 Å². The van der Waals surface area contributed by atoms with Gasteiger partial charge in [0.1, 0.15) is 5.01 Å². The third kappa shape index (κ3) is 4.07. The molecule has 0 aliphatic carbocycles. The summed E-state index contributed by atoms with van der Waals surface area (Å²) in [5.74, 6) is -0.141. The predicted molar refractivity (Wildman–Crippen MR) is 89.2 cm³/mol. The molecule has 1 aliphatic rings. The van der Waals surface area contributed by atoms with Gasteiger partial charge in [0.05, 0.1) is 28.3 Å². The molecule has 1 aromatic carbocycles. The highest BCUT2D eigenvalue weighted by molar-refractivity contribution is 7.91. The molecule has 1 aromatic heterocycles. The predicted octanol–water partition coefficient (Wildman–Crippen LogP) is 1.63. The first-order valence-electron chi connectivity index (χ1n) is 7.41. The summed E-state index contributed by atoms with van der Waals surface area (Å²) in [6.07, 6.45) is -0.409. The summed E-state index contributed by atoms with van der Waals surface area (Å²) in [5.41, 5.74) is 0.900. The lowest BCUT2D eigenvalue weighted by molar-refractivity contribution is -0.149. The monoisotopic (exact) mass is 354 g/mol. The summed E-state index contributed by atoms with van der Waals surface area (Å²) in [6, 6.07) is 7.79. The molecule has 0 amide bonds. The maximum atomic E-state index is 12.0. The largest absolute Gasteiger partial charge is 0.454 e. The zero-order valence-corrected chi connectivity index (χ0v) is 14.4. The molecule has 0 bridgehead atoms. The van der Waals surface area contributed by atoms with Crippen LogP contribution in [-0.2, 0) is 19.4 Å². The third-order valence-corrected chi connectivity index (χ3v) is 6.56. The molecule has 124 valence electrons. The fourth-order valence-corrected chi connectivity index (χ4v) is 4.66. The van der Waals surface area contributed by atoms with Gasteiger partial charge in [-0.05, 0) is 19.1 Å². The second-order valence-electron chi connectivity index (χ2n) is 5.58. The molecule has 2 heterocycles. The standard InChI is InChI=1S/C15H18N2O4S2/c1-11(15-16-12-4-2-3-5-13(12)22-15)21-14(18)10-17-6-8-23(19,20)9-7-17/h2-5,11H,6-10H2,1H3. The number of benzene rings is 1. The van der Waals surface area contributed by atoms with Crippen molar-refractivity contribution in [2.75, 3.05) is 31.1 Å². The van der Waals surface area contributed by atoms with Gasteiger partial charge in [-0.25, -0.2) is 13.4 Å². The molecular weight excluding hydrogens is 336 g/mol. The van der Waals surface area contributed by atoms with Gasteiger partial charge in [0.25, 0.3) is 0 Å². The van der Waals surface area contributed by atoms with Crippen molar-refractivity contribution in [2.24, 2.45) is 0 Å². The summed E-state index contributed by atoms with van der Waals surface area (Å²) < 4.78 is 29.3. The summed E-state index contributed by atoms with van der Waals surface area (Å²) in [6.45, 7) is 2.68. The van der Waals surface area contributed by atoms with Crippen molar-refractivity contribution in [3.63, 3.8) is 0 Å². The molecule has 1 saturated heterocycles. The minimum absolute atomic E-state index is 0.105. The Bertz CT molecular complexity index is 769. The van der Waals surface area contributed by atoms with E-state index in [0.29, 0.717) is 13.1 Å². The number of carbonyl (C=O) groups is 1. The number of rotatable bonds is 4. The topological polar surface area (TPSA) is 76.6 Å². The molecule has 3 rings (SSSR count). The van der Waals surface area contributed by atoms with Crippen LogP contribution in [0.5, 0.6) is 0 Å². The van der Waals surface area contributed by atoms with Crippen LogP contribution in [0.3, 0.4) is 0 Å². The molecule has 1 atom stereocenters. The third-order valence-electron chi connectivity index (χ3n) is 3.76. The number of sulfone groups is 1. The first kappa shape index (κ1) is 16.4. The Morgan fingerprint density at radius 3 is 2.74 bits per heavy atom. The lowest BCUT2D eigenvalue weighted by Crippen LogP contribution is -2.43. The highest BCUT2D eigenvalue weighted by Crippen LogP contribution is 2.27. The number of ether oxygens (including phenoxy) is 1. The molecule has 0 N–H and O–H groups in total. The second-order valence-corrected chi connectivity index (χ2v) is 8.95. The van der Waals surface area contributed by atoms with Crippen molar-refractivity contribution in [2.45, 2.75) is 13.0 Å². The zero-order chi connectivity index (χ0) is 16.4. The van der Waals surface area contributed by atoms with E-state index in [1.807, 2.05) is 29.2 Å². The number of fused-ring (bicyclic) bond motifs is 1. The zero-order valence-electron chi connectivity index (χ0n) is 12.8. The lowest BCUT2D eigenvalue weighted by atomic mass is 10.3. The molecule has 23 heavy (non-hydrogen) atoms. The van der Waals surface area contributed by atoms with E-state index in [2.05, 4.69) is 4.98 Å². The molecule has 1 aliphatic heterocycles. The van der Waals surface area contributed by atoms with E-state index in [4.69, 9.17) is 4.74 Å². The van der Waals surface area contributed by atoms with E-state index in [-0.39, 0.29) is 24.0 Å². The average Bonchev–Trinajstić information content (AvgIpc) is 2.93. The number of hydrogen-bond acceptors (Lipinski definition) is 7. The number of carbonyl (C=O) groups excluding carboxylic acids is 1. The normalized spacial score (nSPS) is 19.5. The van der Waals surface area contributed by atoms with Crippen LogP contribution >= 0.6 is 11.3 Å². The van der Waals surface area contributed by atoms with E-state index >= 15 is 0 Å². The Kier molecular flexibility index (Phi) is 4.65. The van der Waals surface area contributed by atoms with Gasteiger partial charge >= 0.3 is 5.97 Å². The van der Waals surface area contributed by atoms with E-state index in [1.54, 1.807) is 6.92 Å². The van der Waals surface area contributed by atoms with Gasteiger partial charge in [0.15, 0.2) is 15.9 Å². The number of para-hydroxylation sites is 1. The highest BCUT2D eigenvalue weighted by atomic mass is 32.2. The maximum Gasteiger partial charge on any atom is 0.320 e. The lowest BCUT2D eigenvalue weighted by Gasteiger charge is -2.25. The fourth-order valence-electron chi connectivity index (χ4n) is 2.44. The maximum absolute atomic E-state index is 12.0.